The molecule has 0 radical (unpaired) electrons. The Bertz CT molecular complexity index is 3160. The van der Waals surface area contributed by atoms with Crippen molar-refractivity contribution in [3.63, 3.8) is 0 Å². The van der Waals surface area contributed by atoms with Crippen molar-refractivity contribution >= 4 is 58.7 Å². The van der Waals surface area contributed by atoms with Crippen LogP contribution in [0.25, 0.3) is 0 Å². The molecule has 6 aliphatic rings. The van der Waals surface area contributed by atoms with E-state index in [-0.39, 0.29) is 76.8 Å². The number of nitrogens with zero attached hydrogens (tertiary/aromatic N) is 3. The molecule has 0 aromatic carbocycles. The summed E-state index contributed by atoms with van der Waals surface area (Å²) < 4.78 is 104. The molecule has 0 bridgehead atoms. The minimum absolute atomic E-state index is 0.00411. The largest absolute Gasteiger partial charge is 0.472 e. The van der Waals surface area contributed by atoms with Crippen LogP contribution in [0.2, 0.25) is 0 Å². The highest BCUT2D eigenvalue weighted by Crippen LogP contribution is 2.51. The molecule has 6 aliphatic heterocycles. The second-order valence-electron chi connectivity index (χ2n) is 33.6. The lowest BCUT2D eigenvalue weighted by molar-refractivity contribution is -0.276. The van der Waals surface area contributed by atoms with Crippen LogP contribution in [-0.4, -0.2) is 319 Å². The topological polar surface area (TPSA) is 544 Å². The average molecular weight is 1630 g/mol. The van der Waals surface area contributed by atoms with E-state index < -0.39 is 242 Å². The highest BCUT2D eigenvalue weighted by molar-refractivity contribution is 7.51. The van der Waals surface area contributed by atoms with Gasteiger partial charge in [0.05, 0.1) is 89.8 Å². The molecule has 38 nitrogen and oxygen atoms in total. The highest BCUT2D eigenvalue weighted by Gasteiger charge is 2.51. The molecule has 0 aliphatic carbocycles. The Balaban J connectivity index is 1.11. The second-order valence-corrected chi connectivity index (χ2v) is 38.3. The smallest absolute Gasteiger partial charge is 0.394 e. The van der Waals surface area contributed by atoms with Crippen LogP contribution in [0.3, 0.4) is 0 Å². The van der Waals surface area contributed by atoms with E-state index in [2.05, 4.69) is 16.0 Å². The summed E-state index contributed by atoms with van der Waals surface area (Å²) in [6.45, 7) is 18.9. The molecule has 15 N–H and O–H groups in total. The summed E-state index contributed by atoms with van der Waals surface area (Å²) in [5, 5.41) is 101. The summed E-state index contributed by atoms with van der Waals surface area (Å²) in [5.74, 6) is -3.67. The molecule has 0 spiro atoms. The number of phosphoric ester groups is 2. The first-order valence-electron chi connectivity index (χ1n) is 37.0. The predicted octanol–water partition coefficient (Wildman–Crippen LogP) is -0.386. The molecule has 6 amide bonds. The van der Waals surface area contributed by atoms with Crippen molar-refractivity contribution in [3.8, 4) is 0 Å². The molecule has 0 saturated carbocycles. The summed E-state index contributed by atoms with van der Waals surface area (Å²) in [7, 11) is -14.4. The van der Waals surface area contributed by atoms with Crippen LogP contribution in [-0.2, 0) is 93.5 Å². The first-order valence-corrected chi connectivity index (χ1v) is 42.1. The number of carbonyl (C=O) groups is 6. The first kappa shape index (κ1) is 94.4. The van der Waals surface area contributed by atoms with Gasteiger partial charge in [-0.05, 0) is 78.4 Å². The lowest BCUT2D eigenvalue weighted by Gasteiger charge is -2.43. The third-order valence-corrected chi connectivity index (χ3v) is 22.8. The van der Waals surface area contributed by atoms with E-state index in [1.54, 1.807) is 32.6 Å². The molecule has 109 heavy (non-hydrogen) atoms. The molecule has 41 heteroatoms. The number of rotatable bonds is 40. The summed E-state index contributed by atoms with van der Waals surface area (Å²) in [4.78, 5) is 116. The van der Waals surface area contributed by atoms with E-state index >= 15 is 0 Å². The molecule has 6 saturated heterocycles. The van der Waals surface area contributed by atoms with E-state index in [0.29, 0.717) is 38.6 Å². The quantitative estimate of drug-likeness (QED) is 0.0348. The monoisotopic (exact) mass is 1630 g/mol. The zero-order valence-electron chi connectivity index (χ0n) is 65.0. The third-order valence-electron chi connectivity index (χ3n) is 20.1. The van der Waals surface area contributed by atoms with Crippen LogP contribution in [0, 0.1) is 33.5 Å². The highest BCUT2D eigenvalue weighted by atomic mass is 31.2. The number of hydrogen-bond donors (Lipinski definition) is 15. The zero-order chi connectivity index (χ0) is 81.9. The molecule has 632 valence electrons. The Hall–Kier alpha value is -3.41. The first-order chi connectivity index (χ1) is 50.4. The van der Waals surface area contributed by atoms with Gasteiger partial charge in [-0.3, -0.25) is 51.4 Å². The van der Waals surface area contributed by atoms with E-state index in [4.69, 9.17) is 51.0 Å². The molecule has 6 fully saturated rings. The fourth-order valence-corrected chi connectivity index (χ4v) is 18.3. The second kappa shape index (κ2) is 40.0. The van der Waals surface area contributed by atoms with E-state index in [0.717, 1.165) is 6.66 Å². The molecule has 0 aromatic heterocycles. The van der Waals surface area contributed by atoms with Gasteiger partial charge in [0.2, 0.25) is 35.4 Å². The van der Waals surface area contributed by atoms with E-state index in [1.807, 2.05) is 41.5 Å². The standard InChI is InChI=1S/C68H123N6O32P3/c1-37(18-38(2)29-96-62-53(69-39(3)78)59(87)56(84)47(26-75)102-62)19-50(81)73-24-45(105-108(92,93)100-30-42-16-15-17-72(42)51(82)22-65(6,7)33-67(10,11)35-97-63-54(70-40(4)79)60(88)57(85)48(27-76)103-63)21-44(73)32-101-109(94,95)106-46-20-43(31-99-107(14,90)91)74(25-46)52(83)23-66(8,9)34-68(12,13)36-98-64-55(71-41(5)80)61(89)58(86)49(28-77)104-64/h37-38,42-49,53-64,75-77,84-89H,15-36H2,1-14H3,(H,69,78)(H,70,79)(H,71,80)(H,90,91)(H,92,93)(H,94,95)/t37?,38?,42-,43-,44-,45+,46+,47?,48?,49?,53?,54?,55?,56?,57?,58?,59?,60?,61?,62?,63?,64?/m0/s1. The van der Waals surface area contributed by atoms with Gasteiger partial charge in [-0.15, -0.1) is 0 Å². The number of ether oxygens (including phenoxy) is 6. The minimum atomic E-state index is -5.18. The summed E-state index contributed by atoms with van der Waals surface area (Å²) in [6.07, 6.45) is -18.0. The number of phosphoric acid groups is 2. The van der Waals surface area contributed by atoms with Crippen molar-refractivity contribution in [2.24, 2.45) is 33.5 Å². The van der Waals surface area contributed by atoms with Crippen molar-refractivity contribution in [1.29, 1.82) is 0 Å². The van der Waals surface area contributed by atoms with Gasteiger partial charge in [0.1, 0.15) is 73.1 Å². The van der Waals surface area contributed by atoms with Crippen molar-refractivity contribution in [3.05, 3.63) is 0 Å². The van der Waals surface area contributed by atoms with Crippen molar-refractivity contribution < 1.29 is 154 Å². The Morgan fingerprint density at radius 3 is 1.23 bits per heavy atom. The van der Waals surface area contributed by atoms with Gasteiger partial charge < -0.3 is 124 Å². The molecule has 0 aromatic rings. The maximum absolute atomic E-state index is 14.5. The van der Waals surface area contributed by atoms with Gasteiger partial charge in [0, 0.05) is 66.3 Å². The van der Waals surface area contributed by atoms with E-state index in [9.17, 15) is 103 Å². The number of amides is 6. The number of aliphatic hydroxyl groups excluding tert-OH is 9. The lowest BCUT2D eigenvalue weighted by atomic mass is 9.73. The fourth-order valence-electron chi connectivity index (χ4n) is 16.0. The fraction of sp³-hybridized carbons (Fsp3) is 0.912. The van der Waals surface area contributed by atoms with Crippen LogP contribution in [0.5, 0.6) is 0 Å². The van der Waals surface area contributed by atoms with E-state index in [1.165, 1.54) is 30.6 Å². The Labute approximate surface area is 636 Å². The van der Waals surface area contributed by atoms with Crippen LogP contribution in [0.1, 0.15) is 154 Å². The zero-order valence-corrected chi connectivity index (χ0v) is 67.7. The van der Waals surface area contributed by atoms with Crippen LogP contribution in [0.4, 0.5) is 0 Å². The normalized spacial score (nSPS) is 33.0. The molecular formula is C68H123N6O32P3. The lowest BCUT2D eigenvalue weighted by Crippen LogP contribution is -2.64. The Morgan fingerprint density at radius 1 is 0.495 bits per heavy atom. The Kier molecular flexibility index (Phi) is 34.6. The molecule has 6 heterocycles. The van der Waals surface area contributed by atoms with Gasteiger partial charge in [-0.2, -0.15) is 0 Å². The number of carbonyl (C=O) groups excluding carboxylic acids is 6. The maximum Gasteiger partial charge on any atom is 0.472 e. The van der Waals surface area contributed by atoms with Gasteiger partial charge in [-0.25, -0.2) is 9.13 Å². The number of likely N-dealkylation sites (tertiary alicyclic amines) is 3. The molecule has 20 unspecified atom stereocenters. The van der Waals surface area contributed by atoms with Crippen molar-refractivity contribution in [1.82, 2.24) is 30.7 Å². The maximum atomic E-state index is 14.5. The predicted molar refractivity (Wildman–Crippen MR) is 383 cm³/mol. The number of aliphatic hydroxyl groups is 9. The summed E-state index contributed by atoms with van der Waals surface area (Å²) in [6, 6.07) is -6.33. The summed E-state index contributed by atoms with van der Waals surface area (Å²) >= 11 is 0. The number of nitrogens with one attached hydrogen (secondary N) is 3. The Morgan fingerprint density at radius 2 is 0.853 bits per heavy atom. The SMILES string of the molecule is CC(=O)NC1C(OCC(C)CC(C)CC(=O)N2C[C@H](OP(=O)(O)OC[C@@H]3CCCN3C(=O)CC(C)(C)CC(C)(C)COC3OC(CO)C(O)C(O)C3NC(C)=O)C[C@H]2COP(=O)(O)O[C@@H]2C[C@@H](COP(C)(=O)O)N(C(=O)CC(C)(C)CC(C)(C)COC3OC(CO)C(O)C(O)C3NC(C)=O)C2)OC(CO)C(O)C1O. The van der Waals surface area contributed by atoms with Crippen molar-refractivity contribution in [2.45, 2.75) is 276 Å². The third kappa shape index (κ3) is 28.8. The van der Waals surface area contributed by atoms with Crippen LogP contribution >= 0.6 is 23.2 Å². The van der Waals surface area contributed by atoms with Crippen LogP contribution in [0.15, 0.2) is 0 Å². The van der Waals surface area contributed by atoms with Gasteiger partial charge in [-0.1, -0.05) is 69.2 Å². The van der Waals surface area contributed by atoms with Crippen LogP contribution < -0.4 is 16.0 Å². The van der Waals surface area contributed by atoms with Gasteiger partial charge >= 0.3 is 23.2 Å². The van der Waals surface area contributed by atoms with Gasteiger partial charge in [0.15, 0.2) is 18.9 Å². The number of hydrogen-bond acceptors (Lipinski definition) is 29. The summed E-state index contributed by atoms with van der Waals surface area (Å²) in [5.41, 5.74) is -2.91. The molecule has 25 atom stereocenters. The van der Waals surface area contributed by atoms with Gasteiger partial charge in [0.25, 0.3) is 0 Å². The average Bonchev–Trinajstić information content (AvgIpc) is 1.48. The van der Waals surface area contributed by atoms with Crippen molar-refractivity contribution in [2.75, 3.05) is 85.8 Å². The molecular weight excluding hydrogens is 1510 g/mol. The molecule has 6 rings (SSSR count). The minimum Gasteiger partial charge on any atom is -0.394 e.